The van der Waals surface area contributed by atoms with Gasteiger partial charge in [0.25, 0.3) is 0 Å². The first-order valence-corrected chi connectivity index (χ1v) is 6.80. The van der Waals surface area contributed by atoms with Gasteiger partial charge in [0, 0.05) is 6.04 Å². The Bertz CT molecular complexity index is 464. The average Bonchev–Trinajstić information content (AvgIpc) is 2.32. The van der Waals surface area contributed by atoms with E-state index in [2.05, 4.69) is 6.07 Å². The highest BCUT2D eigenvalue weighted by molar-refractivity contribution is 6.32. The molecule has 3 nitrogen and oxygen atoms in total. The molecule has 0 fully saturated rings. The van der Waals surface area contributed by atoms with E-state index < -0.39 is 0 Å². The smallest absolute Gasteiger partial charge is 0.141 e. The van der Waals surface area contributed by atoms with Crippen molar-refractivity contribution in [2.24, 2.45) is 11.1 Å². The second-order valence-corrected chi connectivity index (χ2v) is 5.91. The van der Waals surface area contributed by atoms with Crippen LogP contribution in [0.25, 0.3) is 0 Å². The molecule has 1 aromatic rings. The Balaban J connectivity index is 2.75. The predicted octanol–water partition coefficient (Wildman–Crippen LogP) is 3.55. The number of hydrogen-bond donors (Lipinski definition) is 1. The van der Waals surface area contributed by atoms with Crippen LogP contribution in [0.15, 0.2) is 18.2 Å². The van der Waals surface area contributed by atoms with Gasteiger partial charge in [0.05, 0.1) is 23.1 Å². The molecule has 0 radical (unpaired) electrons. The number of hydrogen-bond acceptors (Lipinski definition) is 3. The summed E-state index contributed by atoms with van der Waals surface area (Å²) in [6.45, 7) is 6.21. The van der Waals surface area contributed by atoms with Crippen molar-refractivity contribution >= 4 is 11.6 Å². The summed E-state index contributed by atoms with van der Waals surface area (Å²) >= 11 is 6.17. The van der Waals surface area contributed by atoms with Gasteiger partial charge < -0.3 is 10.5 Å². The summed E-state index contributed by atoms with van der Waals surface area (Å²) < 4.78 is 5.77. The Morgan fingerprint density at radius 1 is 1.47 bits per heavy atom. The molecule has 0 bridgehead atoms. The Morgan fingerprint density at radius 2 is 2.16 bits per heavy atom. The van der Waals surface area contributed by atoms with E-state index in [1.54, 1.807) is 6.07 Å². The van der Waals surface area contributed by atoms with Gasteiger partial charge in [0.1, 0.15) is 5.75 Å². The molecule has 0 aliphatic heterocycles. The van der Waals surface area contributed by atoms with E-state index in [0.717, 1.165) is 12.0 Å². The molecule has 0 spiro atoms. The molecule has 2 N–H and O–H groups in total. The van der Waals surface area contributed by atoms with Gasteiger partial charge in [-0.25, -0.2) is 0 Å². The minimum Gasteiger partial charge on any atom is -0.492 e. The summed E-state index contributed by atoms with van der Waals surface area (Å²) in [4.78, 5) is 0. The minimum atomic E-state index is -0.386. The zero-order chi connectivity index (χ0) is 14.5. The molecular weight excluding hydrogens is 260 g/mol. The first-order chi connectivity index (χ1) is 8.85. The van der Waals surface area contributed by atoms with Crippen LogP contribution in [0.3, 0.4) is 0 Å². The third-order valence-corrected chi connectivity index (χ3v) is 3.16. The van der Waals surface area contributed by atoms with Gasteiger partial charge in [0.2, 0.25) is 0 Å². The van der Waals surface area contributed by atoms with E-state index in [9.17, 15) is 0 Å². The molecule has 4 heteroatoms. The summed E-state index contributed by atoms with van der Waals surface area (Å²) in [7, 11) is 0. The molecule has 1 aromatic carbocycles. The lowest BCUT2D eigenvalue weighted by Crippen LogP contribution is -2.19. The van der Waals surface area contributed by atoms with E-state index in [1.807, 2.05) is 32.9 Å². The van der Waals surface area contributed by atoms with Crippen LogP contribution in [-0.2, 0) is 6.42 Å². The van der Waals surface area contributed by atoms with Crippen LogP contribution in [0, 0.1) is 16.7 Å². The Labute approximate surface area is 120 Å². The van der Waals surface area contributed by atoms with Crippen LogP contribution in [0.2, 0.25) is 5.02 Å². The summed E-state index contributed by atoms with van der Waals surface area (Å²) in [6.07, 6.45) is 1.38. The Hall–Kier alpha value is -1.24. The van der Waals surface area contributed by atoms with E-state index in [4.69, 9.17) is 27.3 Å². The number of halogens is 1. The van der Waals surface area contributed by atoms with Crippen LogP contribution in [-0.4, -0.2) is 12.6 Å². The molecule has 0 aliphatic rings. The molecular formula is C15H21ClN2O. The quantitative estimate of drug-likeness (QED) is 0.867. The van der Waals surface area contributed by atoms with Crippen molar-refractivity contribution in [3.8, 4) is 11.8 Å². The highest BCUT2D eigenvalue weighted by atomic mass is 35.5. The number of rotatable bonds is 6. The number of ether oxygens (including phenoxy) is 1. The van der Waals surface area contributed by atoms with E-state index in [-0.39, 0.29) is 11.5 Å². The molecule has 0 aliphatic carbocycles. The second-order valence-electron chi connectivity index (χ2n) is 5.50. The number of nitrogens with zero attached hydrogens (tertiary/aromatic N) is 1. The average molecular weight is 281 g/mol. The van der Waals surface area contributed by atoms with Gasteiger partial charge in [0.15, 0.2) is 0 Å². The molecule has 1 unspecified atom stereocenters. The maximum atomic E-state index is 8.97. The molecule has 0 saturated heterocycles. The highest BCUT2D eigenvalue weighted by Crippen LogP contribution is 2.30. The van der Waals surface area contributed by atoms with Gasteiger partial charge in [-0.1, -0.05) is 23.7 Å². The minimum absolute atomic E-state index is 0.0522. The van der Waals surface area contributed by atoms with Crippen molar-refractivity contribution < 1.29 is 4.74 Å². The van der Waals surface area contributed by atoms with Gasteiger partial charge in [-0.3, -0.25) is 0 Å². The lowest BCUT2D eigenvalue weighted by Gasteiger charge is -2.18. The number of benzene rings is 1. The Morgan fingerprint density at radius 3 is 2.74 bits per heavy atom. The predicted molar refractivity (Wildman–Crippen MR) is 78.3 cm³/mol. The molecule has 19 heavy (non-hydrogen) atoms. The zero-order valence-corrected chi connectivity index (χ0v) is 12.5. The van der Waals surface area contributed by atoms with Crippen LogP contribution in [0.5, 0.6) is 5.75 Å². The van der Waals surface area contributed by atoms with Crippen LogP contribution in [0.1, 0.15) is 32.8 Å². The fourth-order valence-corrected chi connectivity index (χ4v) is 1.94. The third kappa shape index (κ3) is 5.10. The molecule has 0 amide bonds. The Kier molecular flexibility index (Phi) is 5.65. The number of nitriles is 1. The molecule has 1 atom stereocenters. The molecule has 0 aromatic heterocycles. The lowest BCUT2D eigenvalue weighted by molar-refractivity contribution is 0.262. The lowest BCUT2D eigenvalue weighted by atomic mass is 9.92. The van der Waals surface area contributed by atoms with Crippen molar-refractivity contribution in [2.75, 3.05) is 6.61 Å². The van der Waals surface area contributed by atoms with Crippen LogP contribution in [0.4, 0.5) is 0 Å². The van der Waals surface area contributed by atoms with Crippen molar-refractivity contribution in [1.82, 2.24) is 0 Å². The van der Waals surface area contributed by atoms with Crippen molar-refractivity contribution in [2.45, 2.75) is 39.7 Å². The first kappa shape index (κ1) is 15.8. The number of nitrogens with two attached hydrogens (primary N) is 1. The topological polar surface area (TPSA) is 59.0 Å². The molecule has 0 heterocycles. The monoisotopic (exact) mass is 280 g/mol. The maximum Gasteiger partial charge on any atom is 0.141 e. The van der Waals surface area contributed by atoms with Crippen molar-refractivity contribution in [3.63, 3.8) is 0 Å². The second kappa shape index (κ2) is 6.79. The third-order valence-electron chi connectivity index (χ3n) is 2.87. The largest absolute Gasteiger partial charge is 0.492 e. The van der Waals surface area contributed by atoms with Crippen molar-refractivity contribution in [1.29, 1.82) is 5.26 Å². The zero-order valence-electron chi connectivity index (χ0n) is 11.7. The highest BCUT2D eigenvalue weighted by Gasteiger charge is 2.17. The van der Waals surface area contributed by atoms with E-state index >= 15 is 0 Å². The van der Waals surface area contributed by atoms with Gasteiger partial charge in [-0.2, -0.15) is 5.26 Å². The summed E-state index contributed by atoms with van der Waals surface area (Å²) in [6, 6.07) is 7.98. The fraction of sp³-hybridized carbons (Fsp3) is 0.533. The van der Waals surface area contributed by atoms with E-state index in [0.29, 0.717) is 23.8 Å². The SMILES string of the molecule is CC(N)Cc1cccc(Cl)c1OCCC(C)(C)C#N. The summed E-state index contributed by atoms with van der Waals surface area (Å²) in [5, 5.41) is 9.56. The number of para-hydroxylation sites is 1. The molecule has 1 rings (SSSR count). The molecule has 0 saturated carbocycles. The van der Waals surface area contributed by atoms with Crippen LogP contribution >= 0.6 is 11.6 Å². The molecule has 104 valence electrons. The van der Waals surface area contributed by atoms with Gasteiger partial charge in [-0.15, -0.1) is 0 Å². The summed E-state index contributed by atoms with van der Waals surface area (Å²) in [5.41, 5.74) is 6.45. The van der Waals surface area contributed by atoms with Gasteiger partial charge >= 0.3 is 0 Å². The van der Waals surface area contributed by atoms with Crippen molar-refractivity contribution in [3.05, 3.63) is 28.8 Å². The summed E-state index contributed by atoms with van der Waals surface area (Å²) in [5.74, 6) is 0.690. The van der Waals surface area contributed by atoms with Crippen LogP contribution < -0.4 is 10.5 Å². The maximum absolute atomic E-state index is 8.97. The van der Waals surface area contributed by atoms with E-state index in [1.165, 1.54) is 0 Å². The first-order valence-electron chi connectivity index (χ1n) is 6.43. The van der Waals surface area contributed by atoms with Gasteiger partial charge in [-0.05, 0) is 45.2 Å². The standard InChI is InChI=1S/C15H21ClN2O/c1-11(18)9-12-5-4-6-13(16)14(12)19-8-7-15(2,3)10-17/h4-6,11H,7-9,18H2,1-3H3. The fourth-order valence-electron chi connectivity index (χ4n) is 1.69. The normalized spacial score (nSPS) is 12.8.